The van der Waals surface area contributed by atoms with Gasteiger partial charge in [-0.15, -0.1) is 0 Å². The highest BCUT2D eigenvalue weighted by molar-refractivity contribution is 6.33. The molecule has 0 spiro atoms. The van der Waals surface area contributed by atoms with Crippen molar-refractivity contribution in [3.63, 3.8) is 0 Å². The smallest absolute Gasteiger partial charge is 0.0893 e. The predicted octanol–water partition coefficient (Wildman–Crippen LogP) is 4.03. The molecule has 0 aromatic heterocycles. The quantitative estimate of drug-likeness (QED) is 0.360. The summed E-state index contributed by atoms with van der Waals surface area (Å²) in [5.74, 6) is 0. The van der Waals surface area contributed by atoms with Crippen molar-refractivity contribution in [1.29, 1.82) is 0 Å². The van der Waals surface area contributed by atoms with E-state index in [9.17, 15) is 0 Å². The first-order chi connectivity index (χ1) is 5.91. The molecule has 72 valence electrons. The third-order valence-electron chi connectivity index (χ3n) is 2.46. The van der Waals surface area contributed by atoms with E-state index in [1.54, 1.807) is 0 Å². The van der Waals surface area contributed by atoms with Gasteiger partial charge < -0.3 is 0 Å². The first-order valence-electron chi connectivity index (χ1n) is 5.91. The van der Waals surface area contributed by atoms with Gasteiger partial charge in [-0.25, -0.2) is 0 Å². The average Bonchev–Trinajstić information content (AvgIpc) is 2.10. The van der Waals surface area contributed by atoms with Crippen molar-refractivity contribution in [2.24, 2.45) is 0 Å². The van der Waals surface area contributed by atoms with Gasteiger partial charge in [-0.05, 0) is 0 Å². The van der Waals surface area contributed by atoms with Crippen LogP contribution in [0.1, 0.15) is 58.3 Å². The lowest BCUT2D eigenvalue weighted by molar-refractivity contribution is 0.585. The minimum Gasteiger partial charge on any atom is -0.0893 e. The molecule has 0 saturated heterocycles. The van der Waals surface area contributed by atoms with E-state index in [0.717, 1.165) is 0 Å². The minimum absolute atomic E-state index is 1.37. The van der Waals surface area contributed by atoms with Crippen LogP contribution in [0.5, 0.6) is 0 Å². The lowest BCUT2D eigenvalue weighted by Gasteiger charge is -1.99. The lowest BCUT2D eigenvalue weighted by atomic mass is 9.76. The van der Waals surface area contributed by atoms with Crippen molar-refractivity contribution >= 4 is 7.28 Å². The van der Waals surface area contributed by atoms with E-state index in [1.807, 2.05) is 0 Å². The fourth-order valence-corrected chi connectivity index (χ4v) is 1.56. The van der Waals surface area contributed by atoms with E-state index >= 15 is 0 Å². The van der Waals surface area contributed by atoms with Crippen LogP contribution in [-0.2, 0) is 0 Å². The van der Waals surface area contributed by atoms with Crippen molar-refractivity contribution < 1.29 is 0 Å². The first-order valence-corrected chi connectivity index (χ1v) is 5.91. The van der Waals surface area contributed by atoms with Gasteiger partial charge in [0.25, 0.3) is 0 Å². The summed E-state index contributed by atoms with van der Waals surface area (Å²) >= 11 is 0. The molecular weight excluding hydrogens is 143 g/mol. The molecule has 0 bridgehead atoms. The second-order valence-corrected chi connectivity index (χ2v) is 3.83. The SMILES string of the molecule is CBCCCCCCCCCC. The van der Waals surface area contributed by atoms with Gasteiger partial charge in [0.1, 0.15) is 7.28 Å². The van der Waals surface area contributed by atoms with Gasteiger partial charge in [0.05, 0.1) is 0 Å². The lowest BCUT2D eigenvalue weighted by Crippen LogP contribution is -1.83. The molecule has 0 nitrogen and oxygen atoms in total. The molecule has 0 radical (unpaired) electrons. The van der Waals surface area contributed by atoms with E-state index in [-0.39, 0.29) is 0 Å². The van der Waals surface area contributed by atoms with E-state index in [0.29, 0.717) is 0 Å². The first kappa shape index (κ1) is 12.1. The summed E-state index contributed by atoms with van der Waals surface area (Å²) in [5.41, 5.74) is 0. The molecule has 0 heterocycles. The molecule has 0 saturated carbocycles. The van der Waals surface area contributed by atoms with Crippen LogP contribution >= 0.6 is 0 Å². The Kier molecular flexibility index (Phi) is 11.1. The van der Waals surface area contributed by atoms with Crippen molar-refractivity contribution in [3.05, 3.63) is 0 Å². The topological polar surface area (TPSA) is 0 Å². The Morgan fingerprint density at radius 1 is 0.750 bits per heavy atom. The Balaban J connectivity index is 2.73. The summed E-state index contributed by atoms with van der Waals surface area (Å²) in [6.07, 6.45) is 13.1. The average molecular weight is 168 g/mol. The molecule has 12 heavy (non-hydrogen) atoms. The molecule has 1 heteroatoms. The Hall–Kier alpha value is 0.0649. The fraction of sp³-hybridized carbons (Fsp3) is 1.00. The Morgan fingerprint density at radius 3 is 1.75 bits per heavy atom. The highest BCUT2D eigenvalue weighted by Crippen LogP contribution is 2.09. The van der Waals surface area contributed by atoms with Crippen LogP contribution in [0.2, 0.25) is 13.1 Å². The second-order valence-electron chi connectivity index (χ2n) is 3.83. The zero-order valence-corrected chi connectivity index (χ0v) is 9.07. The summed E-state index contributed by atoms with van der Waals surface area (Å²) in [6, 6.07) is 0. The van der Waals surface area contributed by atoms with Crippen LogP contribution in [0.25, 0.3) is 0 Å². The normalized spacial score (nSPS) is 10.2. The van der Waals surface area contributed by atoms with E-state index in [4.69, 9.17) is 0 Å². The third kappa shape index (κ3) is 10.1. The maximum Gasteiger partial charge on any atom is 0.117 e. The zero-order valence-electron chi connectivity index (χ0n) is 9.07. The molecular formula is C11H25B. The van der Waals surface area contributed by atoms with Crippen molar-refractivity contribution in [3.8, 4) is 0 Å². The van der Waals surface area contributed by atoms with Crippen molar-refractivity contribution in [2.45, 2.75) is 71.4 Å². The standard InChI is InChI=1S/C11H25B/c1-3-4-5-6-7-8-9-10-11-12-2/h12H,3-11H2,1-2H3. The maximum absolute atomic E-state index is 2.28. The van der Waals surface area contributed by atoms with Gasteiger partial charge in [-0.3, -0.25) is 0 Å². The molecule has 0 atom stereocenters. The Morgan fingerprint density at radius 2 is 1.25 bits per heavy atom. The maximum atomic E-state index is 2.28. The summed E-state index contributed by atoms with van der Waals surface area (Å²) in [7, 11) is 1.37. The highest BCUT2D eigenvalue weighted by Gasteiger charge is 1.90. The zero-order chi connectivity index (χ0) is 9.07. The third-order valence-corrected chi connectivity index (χ3v) is 2.46. The van der Waals surface area contributed by atoms with Crippen LogP contribution in [0.15, 0.2) is 0 Å². The summed E-state index contributed by atoms with van der Waals surface area (Å²) < 4.78 is 0. The molecule has 0 aromatic rings. The summed E-state index contributed by atoms with van der Waals surface area (Å²) in [5, 5.41) is 0. The second kappa shape index (κ2) is 11.1. The Labute approximate surface area is 79.4 Å². The van der Waals surface area contributed by atoms with Gasteiger partial charge in [-0.2, -0.15) is 0 Å². The van der Waals surface area contributed by atoms with Gasteiger partial charge in [0.2, 0.25) is 0 Å². The van der Waals surface area contributed by atoms with E-state index in [2.05, 4.69) is 13.7 Å². The molecule has 0 aliphatic heterocycles. The minimum atomic E-state index is 1.37. The Bertz CT molecular complexity index is 61.4. The van der Waals surface area contributed by atoms with Crippen LogP contribution in [-0.4, -0.2) is 7.28 Å². The van der Waals surface area contributed by atoms with Gasteiger partial charge in [0.15, 0.2) is 0 Å². The number of rotatable bonds is 9. The van der Waals surface area contributed by atoms with Gasteiger partial charge in [-0.1, -0.05) is 71.4 Å². The summed E-state index contributed by atoms with van der Waals surface area (Å²) in [6.45, 7) is 4.56. The van der Waals surface area contributed by atoms with Crippen LogP contribution in [0, 0.1) is 0 Å². The highest BCUT2D eigenvalue weighted by atomic mass is 13.9. The molecule has 0 aliphatic rings. The summed E-state index contributed by atoms with van der Waals surface area (Å²) in [4.78, 5) is 0. The van der Waals surface area contributed by atoms with Gasteiger partial charge in [0, 0.05) is 0 Å². The van der Waals surface area contributed by atoms with Crippen LogP contribution in [0.4, 0.5) is 0 Å². The number of hydrogen-bond acceptors (Lipinski definition) is 0. The van der Waals surface area contributed by atoms with Crippen molar-refractivity contribution in [1.82, 2.24) is 0 Å². The largest absolute Gasteiger partial charge is 0.117 e. The fourth-order valence-electron chi connectivity index (χ4n) is 1.56. The van der Waals surface area contributed by atoms with E-state index < -0.39 is 0 Å². The van der Waals surface area contributed by atoms with Crippen molar-refractivity contribution in [2.75, 3.05) is 0 Å². The van der Waals surface area contributed by atoms with Gasteiger partial charge >= 0.3 is 0 Å². The predicted molar refractivity (Wildman–Crippen MR) is 60.4 cm³/mol. The molecule has 0 unspecified atom stereocenters. The van der Waals surface area contributed by atoms with E-state index in [1.165, 1.54) is 65.0 Å². The monoisotopic (exact) mass is 168 g/mol. The molecule has 0 N–H and O–H groups in total. The van der Waals surface area contributed by atoms with Crippen LogP contribution in [0.3, 0.4) is 0 Å². The van der Waals surface area contributed by atoms with Crippen LogP contribution < -0.4 is 0 Å². The molecule has 0 aromatic carbocycles. The number of hydrogen-bond donors (Lipinski definition) is 0. The molecule has 0 amide bonds. The molecule has 0 aliphatic carbocycles. The number of unbranched alkanes of at least 4 members (excludes halogenated alkanes) is 7. The molecule has 0 rings (SSSR count). The molecule has 0 fully saturated rings.